The Balaban J connectivity index is 1.80. The molecule has 0 radical (unpaired) electrons. The third-order valence-corrected chi connectivity index (χ3v) is 5.95. The van der Waals surface area contributed by atoms with Crippen molar-refractivity contribution in [3.05, 3.63) is 93.6 Å². The standard InChI is InChI=1S/C23H17F4NO2/c1-29-12-8-9-13(30-2)15-14(12)22-16-17(19(25)21(27)20(26)18(16)24)23(15)28(22)10-11-6-4-3-5-7-11/h3-9,22-23H,10H2,1-2H3. The van der Waals surface area contributed by atoms with Crippen molar-refractivity contribution in [3.8, 4) is 11.5 Å². The highest BCUT2D eigenvalue weighted by Crippen LogP contribution is 2.62. The average Bonchev–Trinajstić information content (AvgIpc) is 3.26. The molecule has 3 aromatic carbocycles. The molecule has 7 heteroatoms. The van der Waals surface area contributed by atoms with E-state index in [1.54, 1.807) is 12.1 Å². The van der Waals surface area contributed by atoms with Gasteiger partial charge in [0.2, 0.25) is 0 Å². The van der Waals surface area contributed by atoms with Gasteiger partial charge in [-0.3, -0.25) is 4.90 Å². The van der Waals surface area contributed by atoms with Crippen molar-refractivity contribution < 1.29 is 27.0 Å². The molecule has 0 amide bonds. The zero-order valence-electron chi connectivity index (χ0n) is 16.2. The number of hydrogen-bond acceptors (Lipinski definition) is 3. The van der Waals surface area contributed by atoms with Crippen LogP contribution in [0, 0.1) is 23.3 Å². The molecule has 2 bridgehead atoms. The van der Waals surface area contributed by atoms with E-state index in [-0.39, 0.29) is 11.1 Å². The zero-order chi connectivity index (χ0) is 21.2. The van der Waals surface area contributed by atoms with E-state index in [4.69, 9.17) is 9.47 Å². The minimum absolute atomic E-state index is 0.189. The summed E-state index contributed by atoms with van der Waals surface area (Å²) in [5.74, 6) is -5.45. The smallest absolute Gasteiger partial charge is 0.197 e. The van der Waals surface area contributed by atoms with Crippen molar-refractivity contribution in [2.24, 2.45) is 0 Å². The van der Waals surface area contributed by atoms with Crippen LogP contribution < -0.4 is 9.47 Å². The molecule has 0 aromatic heterocycles. The predicted molar refractivity (Wildman–Crippen MR) is 101 cm³/mol. The van der Waals surface area contributed by atoms with Crippen molar-refractivity contribution in [1.29, 1.82) is 0 Å². The maximum Gasteiger partial charge on any atom is 0.197 e. The molecule has 0 N–H and O–H groups in total. The Morgan fingerprint density at radius 1 is 0.667 bits per heavy atom. The van der Waals surface area contributed by atoms with Crippen molar-refractivity contribution in [3.63, 3.8) is 0 Å². The van der Waals surface area contributed by atoms with Crippen LogP contribution >= 0.6 is 0 Å². The van der Waals surface area contributed by atoms with Gasteiger partial charge in [0.1, 0.15) is 11.5 Å². The normalized spacial score (nSPS) is 19.0. The second-order valence-electron chi connectivity index (χ2n) is 7.34. The average molecular weight is 415 g/mol. The Hall–Kier alpha value is -3.06. The maximum atomic E-state index is 14.9. The number of halogens is 4. The van der Waals surface area contributed by atoms with Gasteiger partial charge in [-0.25, -0.2) is 17.6 Å². The molecule has 30 heavy (non-hydrogen) atoms. The lowest BCUT2D eigenvalue weighted by Gasteiger charge is -2.23. The summed E-state index contributed by atoms with van der Waals surface area (Å²) in [6.45, 7) is 0.313. The Bertz CT molecular complexity index is 1100. The summed E-state index contributed by atoms with van der Waals surface area (Å²) < 4.78 is 69.2. The highest BCUT2D eigenvalue weighted by Gasteiger charge is 2.54. The summed E-state index contributed by atoms with van der Waals surface area (Å²) in [7, 11) is 2.94. The highest BCUT2D eigenvalue weighted by atomic mass is 19.2. The summed E-state index contributed by atoms with van der Waals surface area (Å²) in [5, 5.41) is 0. The molecular formula is C23H17F4NO2. The monoisotopic (exact) mass is 415 g/mol. The van der Waals surface area contributed by atoms with E-state index in [9.17, 15) is 17.6 Å². The summed E-state index contributed by atoms with van der Waals surface area (Å²) in [6, 6.07) is 11.0. The molecule has 2 unspecified atom stereocenters. The van der Waals surface area contributed by atoms with Crippen LogP contribution in [0.2, 0.25) is 0 Å². The van der Waals surface area contributed by atoms with Gasteiger partial charge in [-0.05, 0) is 17.7 Å². The Morgan fingerprint density at radius 2 is 1.13 bits per heavy atom. The van der Waals surface area contributed by atoms with E-state index < -0.39 is 35.4 Å². The summed E-state index contributed by atoms with van der Waals surface area (Å²) >= 11 is 0. The Kier molecular flexibility index (Phi) is 4.25. The van der Waals surface area contributed by atoms with Gasteiger partial charge < -0.3 is 9.47 Å². The van der Waals surface area contributed by atoms with Gasteiger partial charge in [0.05, 0.1) is 26.3 Å². The first-order valence-electron chi connectivity index (χ1n) is 9.39. The Morgan fingerprint density at radius 3 is 1.57 bits per heavy atom. The lowest BCUT2D eigenvalue weighted by molar-refractivity contribution is 0.221. The molecule has 0 saturated carbocycles. The molecule has 3 nitrogen and oxygen atoms in total. The molecule has 2 atom stereocenters. The van der Waals surface area contributed by atoms with Crippen LogP contribution in [-0.4, -0.2) is 19.1 Å². The van der Waals surface area contributed by atoms with Crippen LogP contribution in [0.5, 0.6) is 11.5 Å². The molecule has 2 heterocycles. The molecule has 3 aromatic rings. The zero-order valence-corrected chi connectivity index (χ0v) is 16.2. The molecule has 2 aliphatic rings. The molecule has 0 saturated heterocycles. The van der Waals surface area contributed by atoms with E-state index in [1.807, 2.05) is 35.2 Å². The van der Waals surface area contributed by atoms with Crippen molar-refractivity contribution in [2.45, 2.75) is 18.6 Å². The second-order valence-corrected chi connectivity index (χ2v) is 7.34. The third-order valence-electron chi connectivity index (χ3n) is 5.95. The molecule has 0 spiro atoms. The molecule has 154 valence electrons. The first kappa shape index (κ1) is 18.9. The van der Waals surface area contributed by atoms with Crippen molar-refractivity contribution in [1.82, 2.24) is 4.90 Å². The molecular weight excluding hydrogens is 398 g/mol. The highest BCUT2D eigenvalue weighted by molar-refractivity contribution is 5.66. The SMILES string of the molecule is COc1ccc(OC)c2c1C1c3c(F)c(F)c(F)c(F)c3C2N1Cc1ccccc1. The minimum Gasteiger partial charge on any atom is -0.496 e. The first-order chi connectivity index (χ1) is 14.5. The number of hydrogen-bond donors (Lipinski definition) is 0. The van der Waals surface area contributed by atoms with Gasteiger partial charge in [-0.2, -0.15) is 0 Å². The number of nitrogens with zero attached hydrogens (tertiary/aromatic N) is 1. The summed E-state index contributed by atoms with van der Waals surface area (Å²) in [6.07, 6.45) is 0. The quantitative estimate of drug-likeness (QED) is 0.329. The lowest BCUT2D eigenvalue weighted by Crippen LogP contribution is -2.21. The minimum atomic E-state index is -1.80. The summed E-state index contributed by atoms with van der Waals surface area (Å²) in [4.78, 5) is 1.82. The van der Waals surface area contributed by atoms with Crippen LogP contribution in [0.15, 0.2) is 42.5 Å². The van der Waals surface area contributed by atoms with Crippen LogP contribution in [0.1, 0.15) is 39.9 Å². The third kappa shape index (κ3) is 2.35. The molecule has 0 fully saturated rings. The van der Waals surface area contributed by atoms with Gasteiger partial charge in [0.25, 0.3) is 0 Å². The number of rotatable bonds is 4. The molecule has 0 aliphatic carbocycles. The van der Waals surface area contributed by atoms with Gasteiger partial charge in [0, 0.05) is 28.8 Å². The fourth-order valence-corrected chi connectivity index (χ4v) is 4.79. The maximum absolute atomic E-state index is 14.9. The van der Waals surface area contributed by atoms with Crippen molar-refractivity contribution in [2.75, 3.05) is 14.2 Å². The van der Waals surface area contributed by atoms with E-state index in [2.05, 4.69) is 0 Å². The first-order valence-corrected chi connectivity index (χ1v) is 9.39. The largest absolute Gasteiger partial charge is 0.496 e. The lowest BCUT2D eigenvalue weighted by atomic mass is 9.84. The van der Waals surface area contributed by atoms with Crippen LogP contribution in [0.4, 0.5) is 17.6 Å². The number of fused-ring (bicyclic) bond motifs is 8. The van der Waals surface area contributed by atoms with E-state index in [0.717, 1.165) is 5.56 Å². The van der Waals surface area contributed by atoms with Gasteiger partial charge in [-0.15, -0.1) is 0 Å². The van der Waals surface area contributed by atoms with Crippen LogP contribution in [0.3, 0.4) is 0 Å². The van der Waals surface area contributed by atoms with E-state index >= 15 is 0 Å². The second kappa shape index (κ2) is 6.74. The summed E-state index contributed by atoms with van der Waals surface area (Å²) in [5.41, 5.74) is 1.68. The fraction of sp³-hybridized carbons (Fsp3) is 0.217. The topological polar surface area (TPSA) is 21.7 Å². The van der Waals surface area contributed by atoms with E-state index in [0.29, 0.717) is 29.2 Å². The van der Waals surface area contributed by atoms with Gasteiger partial charge >= 0.3 is 0 Å². The Labute approximate surface area is 170 Å². The number of benzene rings is 3. The fourth-order valence-electron chi connectivity index (χ4n) is 4.79. The number of ether oxygens (including phenoxy) is 2. The van der Waals surface area contributed by atoms with Crippen LogP contribution in [-0.2, 0) is 6.54 Å². The number of methoxy groups -OCH3 is 2. The van der Waals surface area contributed by atoms with Crippen LogP contribution in [0.25, 0.3) is 0 Å². The molecule has 2 aliphatic heterocycles. The molecule has 5 rings (SSSR count). The van der Waals surface area contributed by atoms with Gasteiger partial charge in [-0.1, -0.05) is 30.3 Å². The van der Waals surface area contributed by atoms with Gasteiger partial charge in [0.15, 0.2) is 23.3 Å². The van der Waals surface area contributed by atoms with Crippen molar-refractivity contribution >= 4 is 0 Å². The van der Waals surface area contributed by atoms with E-state index in [1.165, 1.54) is 14.2 Å². The predicted octanol–water partition coefficient (Wildman–Crippen LogP) is 5.27.